The van der Waals surface area contributed by atoms with Crippen LogP contribution in [0.1, 0.15) is 99.8 Å². The summed E-state index contributed by atoms with van der Waals surface area (Å²) < 4.78 is 6.61. The Kier molecular flexibility index (Phi) is 10.9. The first-order chi connectivity index (χ1) is 18.9. The molecular weight excluding hydrogens is 495 g/mol. The summed E-state index contributed by atoms with van der Waals surface area (Å²) >= 11 is 0. The summed E-state index contributed by atoms with van der Waals surface area (Å²) in [5, 5.41) is 13.4. The van der Waals surface area contributed by atoms with Crippen molar-refractivity contribution in [3.8, 4) is 11.5 Å². The third-order valence-electron chi connectivity index (χ3n) is 8.82. The van der Waals surface area contributed by atoms with Gasteiger partial charge in [0.15, 0.2) is 0 Å². The molecule has 0 amide bonds. The monoisotopic (exact) mass is 544 g/mol. The van der Waals surface area contributed by atoms with Crippen molar-refractivity contribution in [2.45, 2.75) is 110 Å². The number of rotatable bonds is 14. The Labute approximate surface area is 239 Å². The number of fused-ring (bicyclic) bond motifs is 1. The minimum absolute atomic E-state index is 0.0769. The van der Waals surface area contributed by atoms with Crippen LogP contribution in [0.3, 0.4) is 0 Å². The van der Waals surface area contributed by atoms with Crippen molar-refractivity contribution in [3.05, 3.63) is 82.9 Å². The molecule has 3 heteroatoms. The van der Waals surface area contributed by atoms with Gasteiger partial charge in [-0.05, 0) is 101 Å². The van der Waals surface area contributed by atoms with Gasteiger partial charge in [-0.25, -0.2) is 0 Å². The van der Waals surface area contributed by atoms with Crippen LogP contribution in [0.4, 0.5) is 0 Å². The smallest absolute Gasteiger partial charge is 0.127 e. The van der Waals surface area contributed by atoms with Crippen LogP contribution in [-0.2, 0) is 6.42 Å². The molecule has 0 fully saturated rings. The lowest BCUT2D eigenvalue weighted by Crippen LogP contribution is -2.37. The third kappa shape index (κ3) is 7.88. The summed E-state index contributed by atoms with van der Waals surface area (Å²) in [6, 6.07) is 22.2. The van der Waals surface area contributed by atoms with E-state index in [1.54, 1.807) is 0 Å². The lowest BCUT2D eigenvalue weighted by molar-refractivity contribution is 0.0521. The molecule has 39 heavy (non-hydrogen) atoms. The van der Waals surface area contributed by atoms with E-state index in [0.717, 1.165) is 41.7 Å². The first-order valence-corrected chi connectivity index (χ1v) is 16.8. The predicted octanol–water partition coefficient (Wildman–Crippen LogP) is 9.44. The predicted molar refractivity (Wildman–Crippen MR) is 170 cm³/mol. The molecule has 1 aliphatic heterocycles. The van der Waals surface area contributed by atoms with Crippen LogP contribution in [0, 0.1) is 20.8 Å². The van der Waals surface area contributed by atoms with E-state index in [0.29, 0.717) is 5.75 Å². The molecule has 1 N–H and O–H groups in total. The van der Waals surface area contributed by atoms with Gasteiger partial charge in [0.2, 0.25) is 0 Å². The van der Waals surface area contributed by atoms with Gasteiger partial charge in [0.25, 0.3) is 0 Å². The van der Waals surface area contributed by atoms with Gasteiger partial charge in [-0.3, -0.25) is 0 Å². The topological polar surface area (TPSA) is 29.5 Å². The summed E-state index contributed by atoms with van der Waals surface area (Å²) in [7, 11) is -0.238. The molecule has 4 rings (SSSR count). The standard InChI is InChI=1S/C36H49O2P/c1-28-29(2)35-33(30(3)34(28)37)24-26-36(4,38-35)25-18-10-8-6-5-7-9-11-19-27-39(31-20-14-12-15-21-31)32-22-16-13-17-23-32/h12-17,20-23,37H,5-11,18-19,24-27H2,1-4H3. The second kappa shape index (κ2) is 14.4. The van der Waals surface area contributed by atoms with Gasteiger partial charge in [-0.15, -0.1) is 0 Å². The first-order valence-electron chi connectivity index (χ1n) is 15.3. The molecule has 0 radical (unpaired) electrons. The second-order valence-corrected chi connectivity index (χ2v) is 14.2. The average molecular weight is 545 g/mol. The van der Waals surface area contributed by atoms with Gasteiger partial charge >= 0.3 is 0 Å². The number of phenols is 1. The van der Waals surface area contributed by atoms with Crippen molar-refractivity contribution < 1.29 is 9.84 Å². The normalized spacial score (nSPS) is 16.7. The molecule has 2 nitrogen and oxygen atoms in total. The number of phenolic OH excluding ortho intramolecular Hbond substituents is 1. The number of aromatic hydroxyl groups is 1. The fourth-order valence-corrected chi connectivity index (χ4v) is 8.52. The molecule has 0 aromatic heterocycles. The lowest BCUT2D eigenvalue weighted by Gasteiger charge is -2.38. The Balaban J connectivity index is 1.09. The molecule has 1 atom stereocenters. The van der Waals surface area contributed by atoms with Crippen molar-refractivity contribution in [1.29, 1.82) is 0 Å². The molecule has 1 aliphatic rings. The van der Waals surface area contributed by atoms with E-state index in [4.69, 9.17) is 4.74 Å². The highest BCUT2D eigenvalue weighted by Crippen LogP contribution is 2.44. The Morgan fingerprint density at radius 1 is 0.692 bits per heavy atom. The number of ether oxygens (including phenoxy) is 1. The van der Waals surface area contributed by atoms with E-state index in [1.165, 1.54) is 80.1 Å². The Bertz CT molecular complexity index is 1130. The van der Waals surface area contributed by atoms with Crippen LogP contribution in [0.15, 0.2) is 60.7 Å². The Hall–Kier alpha value is -2.31. The minimum Gasteiger partial charge on any atom is -0.507 e. The summed E-state index contributed by atoms with van der Waals surface area (Å²) in [5.74, 6) is 1.49. The largest absolute Gasteiger partial charge is 0.507 e. The lowest BCUT2D eigenvalue weighted by atomic mass is 9.84. The quantitative estimate of drug-likeness (QED) is 0.162. The molecule has 0 aliphatic carbocycles. The molecule has 3 aromatic rings. The van der Waals surface area contributed by atoms with Crippen molar-refractivity contribution >= 4 is 18.5 Å². The van der Waals surface area contributed by atoms with E-state index >= 15 is 0 Å². The minimum atomic E-state index is -0.238. The van der Waals surface area contributed by atoms with Gasteiger partial charge in [0.05, 0.1) is 0 Å². The molecule has 0 spiro atoms. The molecule has 0 saturated heterocycles. The second-order valence-electron chi connectivity index (χ2n) is 11.8. The zero-order valence-electron chi connectivity index (χ0n) is 24.8. The van der Waals surface area contributed by atoms with Gasteiger partial charge < -0.3 is 9.84 Å². The summed E-state index contributed by atoms with van der Waals surface area (Å²) in [6.07, 6.45) is 16.5. The summed E-state index contributed by atoms with van der Waals surface area (Å²) in [4.78, 5) is 0. The molecule has 210 valence electrons. The highest BCUT2D eigenvalue weighted by Gasteiger charge is 2.34. The average Bonchev–Trinajstić information content (AvgIpc) is 2.96. The van der Waals surface area contributed by atoms with Crippen LogP contribution < -0.4 is 15.3 Å². The van der Waals surface area contributed by atoms with Gasteiger partial charge in [0.1, 0.15) is 17.1 Å². The van der Waals surface area contributed by atoms with Crippen LogP contribution in [0.25, 0.3) is 0 Å². The Morgan fingerprint density at radius 2 is 1.21 bits per heavy atom. The molecular formula is C36H49O2P. The zero-order chi connectivity index (χ0) is 27.7. The van der Waals surface area contributed by atoms with E-state index in [9.17, 15) is 5.11 Å². The van der Waals surface area contributed by atoms with Crippen molar-refractivity contribution in [2.75, 3.05) is 6.16 Å². The van der Waals surface area contributed by atoms with Gasteiger partial charge in [-0.2, -0.15) is 0 Å². The highest BCUT2D eigenvalue weighted by atomic mass is 31.1. The fourth-order valence-electron chi connectivity index (χ4n) is 6.10. The summed E-state index contributed by atoms with van der Waals surface area (Å²) in [6.45, 7) is 8.40. The van der Waals surface area contributed by atoms with E-state index in [1.807, 2.05) is 13.8 Å². The number of unbranched alkanes of at least 4 members (excludes halogenated alkanes) is 8. The number of hydrogen-bond acceptors (Lipinski definition) is 2. The maximum Gasteiger partial charge on any atom is 0.127 e. The first kappa shape index (κ1) is 29.7. The van der Waals surface area contributed by atoms with E-state index in [2.05, 4.69) is 74.5 Å². The van der Waals surface area contributed by atoms with Crippen molar-refractivity contribution in [1.82, 2.24) is 0 Å². The molecule has 1 unspecified atom stereocenters. The maximum absolute atomic E-state index is 10.4. The molecule has 0 saturated carbocycles. The van der Waals surface area contributed by atoms with Crippen LogP contribution in [0.2, 0.25) is 0 Å². The summed E-state index contributed by atoms with van der Waals surface area (Å²) in [5.41, 5.74) is 4.21. The third-order valence-corrected chi connectivity index (χ3v) is 11.4. The number of hydrogen-bond donors (Lipinski definition) is 1. The maximum atomic E-state index is 10.4. The Morgan fingerprint density at radius 3 is 1.77 bits per heavy atom. The van der Waals surface area contributed by atoms with Crippen LogP contribution in [-0.4, -0.2) is 16.9 Å². The fraction of sp³-hybridized carbons (Fsp3) is 0.500. The molecule has 0 bridgehead atoms. The van der Waals surface area contributed by atoms with Gasteiger partial charge in [-0.1, -0.05) is 106 Å². The SMILES string of the molecule is Cc1c(C)c2c(c(C)c1O)CCC(C)(CCCCCCCCCCCP(c1ccccc1)c1ccccc1)O2. The van der Waals surface area contributed by atoms with E-state index in [-0.39, 0.29) is 13.5 Å². The van der Waals surface area contributed by atoms with Crippen molar-refractivity contribution in [2.24, 2.45) is 0 Å². The molecule has 1 heterocycles. The highest BCUT2D eigenvalue weighted by molar-refractivity contribution is 7.73. The van der Waals surface area contributed by atoms with Crippen LogP contribution >= 0.6 is 7.92 Å². The number of benzene rings is 3. The zero-order valence-corrected chi connectivity index (χ0v) is 25.7. The molecule has 3 aromatic carbocycles. The van der Waals surface area contributed by atoms with Gasteiger partial charge in [0, 0.05) is 5.56 Å². The van der Waals surface area contributed by atoms with E-state index < -0.39 is 0 Å². The van der Waals surface area contributed by atoms with Crippen molar-refractivity contribution in [3.63, 3.8) is 0 Å². The van der Waals surface area contributed by atoms with Crippen LogP contribution in [0.5, 0.6) is 11.5 Å².